The van der Waals surface area contributed by atoms with Crippen molar-refractivity contribution in [3.63, 3.8) is 0 Å². The molecule has 1 N–H and O–H groups in total. The number of hydrogen-bond acceptors (Lipinski definition) is 4. The van der Waals surface area contributed by atoms with Crippen molar-refractivity contribution in [3.8, 4) is 0 Å². The topological polar surface area (TPSA) is 55.1 Å². The lowest BCUT2D eigenvalue weighted by molar-refractivity contribution is 1.10. The van der Waals surface area contributed by atoms with E-state index in [0.717, 1.165) is 16.7 Å². The van der Waals surface area contributed by atoms with Gasteiger partial charge in [0, 0.05) is 12.4 Å². The van der Waals surface area contributed by atoms with Crippen LogP contribution in [0.15, 0.2) is 24.3 Å². The molecule has 0 radical (unpaired) electrons. The largest absolute Gasteiger partial charge is 0.372 e. The molecule has 1 aromatic carbocycles. The molecule has 0 aliphatic carbocycles. The smallest absolute Gasteiger partial charge is 0.258 e. The summed E-state index contributed by atoms with van der Waals surface area (Å²) >= 11 is 5.98. The van der Waals surface area contributed by atoms with Crippen LogP contribution in [0, 0.1) is 0 Å². The Morgan fingerprint density at radius 1 is 1.25 bits per heavy atom. The molecule has 0 amide bonds. The zero-order chi connectivity index (χ0) is 11.1. The van der Waals surface area contributed by atoms with Gasteiger partial charge in [-0.05, 0) is 23.7 Å². The molecular formula is C10H8ClN5. The fourth-order valence-corrected chi connectivity index (χ4v) is 1.96. The maximum atomic E-state index is 5.98. The quantitative estimate of drug-likeness (QED) is 0.698. The van der Waals surface area contributed by atoms with Crippen molar-refractivity contribution in [1.29, 1.82) is 0 Å². The van der Waals surface area contributed by atoms with Gasteiger partial charge in [0.05, 0.1) is 5.52 Å². The van der Waals surface area contributed by atoms with E-state index in [0.29, 0.717) is 11.1 Å². The van der Waals surface area contributed by atoms with Gasteiger partial charge in [-0.3, -0.25) is 0 Å². The lowest BCUT2D eigenvalue weighted by Crippen LogP contribution is -1.99. The summed E-state index contributed by atoms with van der Waals surface area (Å²) in [4.78, 5) is 4.34. The first-order valence-corrected chi connectivity index (χ1v) is 5.16. The summed E-state index contributed by atoms with van der Waals surface area (Å²) in [6, 6.07) is 7.83. The second-order valence-electron chi connectivity index (χ2n) is 3.33. The van der Waals surface area contributed by atoms with Crippen molar-refractivity contribution in [1.82, 2.24) is 19.6 Å². The van der Waals surface area contributed by atoms with E-state index in [2.05, 4.69) is 20.5 Å². The van der Waals surface area contributed by atoms with Gasteiger partial charge in [0.1, 0.15) is 5.82 Å². The van der Waals surface area contributed by atoms with Crippen molar-refractivity contribution < 1.29 is 0 Å². The summed E-state index contributed by atoms with van der Waals surface area (Å²) in [5, 5.41) is 12.1. The van der Waals surface area contributed by atoms with Crippen molar-refractivity contribution in [2.45, 2.75) is 0 Å². The van der Waals surface area contributed by atoms with Crippen LogP contribution in [0.4, 0.5) is 5.82 Å². The van der Waals surface area contributed by atoms with Gasteiger partial charge in [-0.1, -0.05) is 12.1 Å². The summed E-state index contributed by atoms with van der Waals surface area (Å²) in [7, 11) is 1.82. The van der Waals surface area contributed by atoms with Gasteiger partial charge in [0.2, 0.25) is 5.28 Å². The standard InChI is InChI=1S/C10H8ClN5/c1-12-8-6-4-2-3-5-7(6)16-9(11)14-15-10(16)13-8/h2-5H,1H3,(H,12,13,15). The zero-order valence-electron chi connectivity index (χ0n) is 8.48. The molecule has 0 atom stereocenters. The van der Waals surface area contributed by atoms with Crippen LogP contribution in [0.25, 0.3) is 16.7 Å². The molecule has 2 heterocycles. The number of nitrogens with one attached hydrogen (secondary N) is 1. The first-order valence-electron chi connectivity index (χ1n) is 4.78. The Kier molecular flexibility index (Phi) is 1.94. The molecule has 0 fully saturated rings. The predicted octanol–water partition coefficient (Wildman–Crippen LogP) is 1.97. The number of fused-ring (bicyclic) bond motifs is 3. The number of para-hydroxylation sites is 1. The minimum atomic E-state index is 0.321. The molecule has 16 heavy (non-hydrogen) atoms. The van der Waals surface area contributed by atoms with Gasteiger partial charge >= 0.3 is 0 Å². The van der Waals surface area contributed by atoms with E-state index in [1.165, 1.54) is 0 Å². The van der Waals surface area contributed by atoms with E-state index in [4.69, 9.17) is 11.6 Å². The van der Waals surface area contributed by atoms with Crippen molar-refractivity contribution in [2.24, 2.45) is 0 Å². The van der Waals surface area contributed by atoms with E-state index in [-0.39, 0.29) is 0 Å². The van der Waals surface area contributed by atoms with Gasteiger partial charge in [0.25, 0.3) is 5.78 Å². The SMILES string of the molecule is CNc1nc2nnc(Cl)n2c2ccccc12. The summed E-state index contributed by atoms with van der Waals surface area (Å²) in [5.41, 5.74) is 0.937. The minimum absolute atomic E-state index is 0.321. The van der Waals surface area contributed by atoms with E-state index < -0.39 is 0 Å². The number of anilines is 1. The summed E-state index contributed by atoms with van der Waals surface area (Å²) in [5.74, 6) is 1.26. The van der Waals surface area contributed by atoms with Gasteiger partial charge in [0.15, 0.2) is 0 Å². The number of aromatic nitrogens is 4. The Bertz CT molecular complexity index is 675. The molecule has 80 valence electrons. The molecule has 3 rings (SSSR count). The highest BCUT2D eigenvalue weighted by molar-refractivity contribution is 6.29. The lowest BCUT2D eigenvalue weighted by Gasteiger charge is -2.06. The zero-order valence-corrected chi connectivity index (χ0v) is 9.23. The molecule has 0 aliphatic rings. The van der Waals surface area contributed by atoms with Crippen molar-refractivity contribution >= 4 is 34.1 Å². The Morgan fingerprint density at radius 3 is 2.88 bits per heavy atom. The average Bonchev–Trinajstić information content (AvgIpc) is 2.70. The van der Waals surface area contributed by atoms with Crippen LogP contribution in [-0.4, -0.2) is 26.6 Å². The minimum Gasteiger partial charge on any atom is -0.372 e. The Labute approximate surface area is 96.1 Å². The van der Waals surface area contributed by atoms with Gasteiger partial charge < -0.3 is 5.32 Å². The van der Waals surface area contributed by atoms with Crippen molar-refractivity contribution in [2.75, 3.05) is 12.4 Å². The third-order valence-corrected chi connectivity index (χ3v) is 2.70. The Morgan fingerprint density at radius 2 is 2.06 bits per heavy atom. The molecule has 0 unspecified atom stereocenters. The molecule has 2 aromatic heterocycles. The highest BCUT2D eigenvalue weighted by Gasteiger charge is 2.11. The number of nitrogens with zero attached hydrogens (tertiary/aromatic N) is 4. The van der Waals surface area contributed by atoms with Crippen LogP contribution in [0.2, 0.25) is 5.28 Å². The number of rotatable bonds is 1. The predicted molar refractivity (Wildman–Crippen MR) is 62.8 cm³/mol. The van der Waals surface area contributed by atoms with Gasteiger partial charge in [-0.25, -0.2) is 4.40 Å². The lowest BCUT2D eigenvalue weighted by atomic mass is 10.2. The van der Waals surface area contributed by atoms with Crippen molar-refractivity contribution in [3.05, 3.63) is 29.5 Å². The molecule has 3 aromatic rings. The molecule has 6 heteroatoms. The van der Waals surface area contributed by atoms with Crippen LogP contribution in [0.3, 0.4) is 0 Å². The first kappa shape index (κ1) is 9.35. The molecule has 0 bridgehead atoms. The number of benzene rings is 1. The van der Waals surface area contributed by atoms with Crippen LogP contribution < -0.4 is 5.32 Å². The monoisotopic (exact) mass is 233 g/mol. The maximum absolute atomic E-state index is 5.98. The van der Waals surface area contributed by atoms with Crippen LogP contribution in [0.1, 0.15) is 0 Å². The Hall–Kier alpha value is -1.88. The maximum Gasteiger partial charge on any atom is 0.258 e. The third kappa shape index (κ3) is 1.15. The van der Waals surface area contributed by atoms with E-state index in [1.54, 1.807) is 4.40 Å². The van der Waals surface area contributed by atoms with E-state index >= 15 is 0 Å². The summed E-state index contributed by atoms with van der Waals surface area (Å²) < 4.78 is 1.72. The average molecular weight is 234 g/mol. The number of hydrogen-bond donors (Lipinski definition) is 1. The first-order chi connectivity index (χ1) is 7.81. The van der Waals surface area contributed by atoms with Gasteiger partial charge in [-0.2, -0.15) is 4.98 Å². The molecule has 0 saturated carbocycles. The molecule has 0 saturated heterocycles. The summed E-state index contributed by atoms with van der Waals surface area (Å²) in [6.07, 6.45) is 0. The van der Waals surface area contributed by atoms with Gasteiger partial charge in [-0.15, -0.1) is 10.2 Å². The second kappa shape index (κ2) is 3.31. The normalized spacial score (nSPS) is 11.1. The number of halogens is 1. The second-order valence-corrected chi connectivity index (χ2v) is 3.67. The fraction of sp³-hybridized carbons (Fsp3) is 0.100. The van der Waals surface area contributed by atoms with E-state index in [1.807, 2.05) is 31.3 Å². The molecule has 0 spiro atoms. The highest BCUT2D eigenvalue weighted by atomic mass is 35.5. The Balaban J connectivity index is 2.60. The van der Waals surface area contributed by atoms with Crippen LogP contribution in [0.5, 0.6) is 0 Å². The molecular weight excluding hydrogens is 226 g/mol. The molecule has 5 nitrogen and oxygen atoms in total. The summed E-state index contributed by atoms with van der Waals surface area (Å²) in [6.45, 7) is 0. The molecule has 0 aliphatic heterocycles. The third-order valence-electron chi connectivity index (χ3n) is 2.46. The highest BCUT2D eigenvalue weighted by Crippen LogP contribution is 2.23. The van der Waals surface area contributed by atoms with E-state index in [9.17, 15) is 0 Å². The fourth-order valence-electron chi connectivity index (χ4n) is 1.76. The van der Waals surface area contributed by atoms with Crippen LogP contribution in [-0.2, 0) is 0 Å². The van der Waals surface area contributed by atoms with Crippen LogP contribution >= 0.6 is 11.6 Å².